The molecule has 0 spiro atoms. The second-order valence-corrected chi connectivity index (χ2v) is 42.0. The average Bonchev–Trinajstić information content (AvgIpc) is 1.76. The van der Waals surface area contributed by atoms with E-state index in [4.69, 9.17) is 0 Å². The van der Waals surface area contributed by atoms with Gasteiger partial charge in [0.05, 0.1) is 0 Å². The van der Waals surface area contributed by atoms with E-state index in [1.165, 1.54) is 0 Å². The van der Waals surface area contributed by atoms with Gasteiger partial charge in [0.1, 0.15) is 0 Å². The molecule has 0 aromatic carbocycles. The molecule has 0 N–H and O–H groups in total. The molecule has 90 valence electrons. The Morgan fingerprint density at radius 3 is 1.20 bits per heavy atom. The van der Waals surface area contributed by atoms with Gasteiger partial charge < -0.3 is 0 Å². The molecule has 0 bridgehead atoms. The molecule has 0 unspecified atom stereocenters. The summed E-state index contributed by atoms with van der Waals surface area (Å²) in [6.07, 6.45) is 0. The van der Waals surface area contributed by atoms with Gasteiger partial charge in [-0.15, -0.1) is 0 Å². The molecule has 0 aliphatic rings. The molecule has 0 fully saturated rings. The standard InChI is InChI=1S/C11H27AsOSi2/c1-11(2,3)10(13)12(14(4,5)6)15(7,8)9/h1-9H3. The second-order valence-electron chi connectivity index (χ2n) is 7.23. The minimum atomic E-state index is -1.27. The average molecular weight is 306 g/mol. The molecule has 0 radical (unpaired) electrons. The summed E-state index contributed by atoms with van der Waals surface area (Å²) in [5, 5.41) is 0. The zero-order valence-corrected chi connectivity index (χ0v) is 15.7. The molecule has 15 heavy (non-hydrogen) atoms. The van der Waals surface area contributed by atoms with Gasteiger partial charge in [0.25, 0.3) is 0 Å². The van der Waals surface area contributed by atoms with Crippen LogP contribution < -0.4 is 0 Å². The molecular weight excluding hydrogens is 279 g/mol. The van der Waals surface area contributed by atoms with Crippen molar-refractivity contribution < 1.29 is 4.79 Å². The zero-order chi connectivity index (χ0) is 12.7. The van der Waals surface area contributed by atoms with Crippen molar-refractivity contribution in [2.75, 3.05) is 0 Å². The molecule has 0 saturated heterocycles. The summed E-state index contributed by atoms with van der Waals surface area (Å²) in [4.78, 5) is 12.6. The Morgan fingerprint density at radius 1 is 0.867 bits per heavy atom. The number of hydrogen-bond donors (Lipinski definition) is 0. The third kappa shape index (κ3) is 4.58. The van der Waals surface area contributed by atoms with Crippen LogP contribution in [0, 0.1) is 5.41 Å². The predicted octanol–water partition coefficient (Wildman–Crippen LogP) is 3.47. The monoisotopic (exact) mass is 306 g/mol. The third-order valence-corrected chi connectivity index (χ3v) is 47.0. The maximum atomic E-state index is 12.6. The van der Waals surface area contributed by atoms with Crippen LogP contribution in [0.4, 0.5) is 0 Å². The zero-order valence-electron chi connectivity index (χ0n) is 11.9. The minimum absolute atomic E-state index is 0.111. The Kier molecular flexibility index (Phi) is 4.70. The van der Waals surface area contributed by atoms with Crippen LogP contribution in [0.3, 0.4) is 0 Å². The normalized spacial score (nSPS) is 14.5. The van der Waals surface area contributed by atoms with Crippen molar-refractivity contribution in [3.8, 4) is 0 Å². The van der Waals surface area contributed by atoms with E-state index in [0.29, 0.717) is 4.57 Å². The van der Waals surface area contributed by atoms with E-state index in [1.54, 1.807) is 0 Å². The summed E-state index contributed by atoms with van der Waals surface area (Å²) in [7, 11) is 0. The van der Waals surface area contributed by atoms with E-state index >= 15 is 0 Å². The molecule has 0 aliphatic carbocycles. The van der Waals surface area contributed by atoms with Gasteiger partial charge in [0.2, 0.25) is 0 Å². The van der Waals surface area contributed by atoms with E-state index in [1.807, 2.05) is 0 Å². The number of rotatable bonds is 3. The molecule has 0 atom stereocenters. The molecule has 0 saturated carbocycles. The maximum absolute atomic E-state index is 12.6. The van der Waals surface area contributed by atoms with Crippen LogP contribution in [-0.4, -0.2) is 31.0 Å². The van der Waals surface area contributed by atoms with Gasteiger partial charge in [0, 0.05) is 0 Å². The van der Waals surface area contributed by atoms with Crippen molar-refractivity contribution in [2.24, 2.45) is 5.41 Å². The van der Waals surface area contributed by atoms with Crippen molar-refractivity contribution in [1.82, 2.24) is 0 Å². The summed E-state index contributed by atoms with van der Waals surface area (Å²) >= 11 is -1.27. The summed E-state index contributed by atoms with van der Waals surface area (Å²) in [5.41, 5.74) is -0.111. The van der Waals surface area contributed by atoms with Crippen LogP contribution in [0.15, 0.2) is 0 Å². The van der Waals surface area contributed by atoms with Crippen LogP contribution in [-0.2, 0) is 4.79 Å². The molecule has 0 heterocycles. The molecule has 0 aromatic rings. The first-order chi connectivity index (χ1) is 6.28. The fourth-order valence-electron chi connectivity index (χ4n) is 1.95. The summed E-state index contributed by atoms with van der Waals surface area (Å²) in [6.45, 7) is 18.2. The fourth-order valence-corrected chi connectivity index (χ4v) is 61.8. The summed E-state index contributed by atoms with van der Waals surface area (Å²) in [6, 6.07) is 0. The SMILES string of the molecule is CC(C)(C)C(=O)[As]([Si](C)(C)C)[Si](C)(C)C. The molecule has 0 aromatic heterocycles. The topological polar surface area (TPSA) is 17.1 Å². The first kappa shape index (κ1) is 15.7. The molecule has 1 nitrogen and oxygen atoms in total. The van der Waals surface area contributed by atoms with E-state index in [0.717, 1.165) is 0 Å². The number of carbonyl (C=O) groups excluding carboxylic acids is 1. The fraction of sp³-hybridized carbons (Fsp3) is 0.909. The van der Waals surface area contributed by atoms with Gasteiger partial charge >= 0.3 is 101 Å². The summed E-state index contributed by atoms with van der Waals surface area (Å²) in [5.74, 6) is 0. The van der Waals surface area contributed by atoms with Gasteiger partial charge in [0.15, 0.2) is 0 Å². The van der Waals surface area contributed by atoms with E-state index < -0.39 is 26.4 Å². The molecule has 4 heteroatoms. The summed E-state index contributed by atoms with van der Waals surface area (Å²) < 4.78 is 0.647. The Hall–Kier alpha value is 0.662. The van der Waals surface area contributed by atoms with Crippen molar-refractivity contribution in [3.05, 3.63) is 0 Å². The first-order valence-electron chi connectivity index (χ1n) is 5.62. The molecular formula is C11H27AsOSi2. The van der Waals surface area contributed by atoms with Gasteiger partial charge in [-0.1, -0.05) is 0 Å². The van der Waals surface area contributed by atoms with Crippen LogP contribution in [0.25, 0.3) is 0 Å². The Balaban J connectivity index is 5.26. The van der Waals surface area contributed by atoms with Crippen molar-refractivity contribution in [2.45, 2.75) is 60.1 Å². The van der Waals surface area contributed by atoms with E-state index in [9.17, 15) is 4.79 Å². The Bertz CT molecular complexity index is 229. The second kappa shape index (κ2) is 4.50. The van der Waals surface area contributed by atoms with Gasteiger partial charge in [-0.2, -0.15) is 0 Å². The van der Waals surface area contributed by atoms with Gasteiger partial charge in [-0.05, 0) is 0 Å². The first-order valence-corrected chi connectivity index (χ1v) is 19.1. The van der Waals surface area contributed by atoms with Crippen molar-refractivity contribution in [3.63, 3.8) is 0 Å². The van der Waals surface area contributed by atoms with Crippen LogP contribution in [0.2, 0.25) is 39.3 Å². The molecule has 0 amide bonds. The van der Waals surface area contributed by atoms with Crippen molar-refractivity contribution in [1.29, 1.82) is 0 Å². The van der Waals surface area contributed by atoms with Crippen LogP contribution in [0.5, 0.6) is 0 Å². The molecule has 0 rings (SSSR count). The van der Waals surface area contributed by atoms with Crippen LogP contribution in [0.1, 0.15) is 20.8 Å². The predicted molar refractivity (Wildman–Crippen MR) is 76.9 cm³/mol. The van der Waals surface area contributed by atoms with Crippen LogP contribution >= 0.6 is 0 Å². The van der Waals surface area contributed by atoms with E-state index in [2.05, 4.69) is 60.1 Å². The third-order valence-electron chi connectivity index (χ3n) is 2.19. The van der Waals surface area contributed by atoms with Gasteiger partial charge in [-0.3, -0.25) is 0 Å². The number of hydrogen-bond acceptors (Lipinski definition) is 1. The molecule has 0 aliphatic heterocycles. The van der Waals surface area contributed by atoms with Gasteiger partial charge in [-0.25, -0.2) is 0 Å². The number of carbonyl (C=O) groups is 1. The Morgan fingerprint density at radius 2 is 1.13 bits per heavy atom. The Labute approximate surface area is 101 Å². The quantitative estimate of drug-likeness (QED) is 0.730. The van der Waals surface area contributed by atoms with E-state index in [-0.39, 0.29) is 5.41 Å². The van der Waals surface area contributed by atoms with Crippen molar-refractivity contribution >= 4 is 31.0 Å².